The summed E-state index contributed by atoms with van der Waals surface area (Å²) in [6.07, 6.45) is 3.93. The van der Waals surface area contributed by atoms with Gasteiger partial charge in [0.25, 0.3) is 5.91 Å². The Bertz CT molecular complexity index is 1160. The number of amides is 1. The molecule has 0 radical (unpaired) electrons. The number of nitrogens with zero attached hydrogens (tertiary/aromatic N) is 3. The number of aromatic nitrogens is 3. The van der Waals surface area contributed by atoms with E-state index >= 15 is 0 Å². The molecule has 3 aromatic rings. The minimum Gasteiger partial charge on any atom is -0.382 e. The summed E-state index contributed by atoms with van der Waals surface area (Å²) in [4.78, 5) is 19.8. The standard InChI is InChI=1S/C21H21F2N7O2/c1-21(2,23)20(31)28-17-11-27-19(29-18(17)25)14(24)9-16(15-7-8-32-30-15)26-10-12-5-3-4-6-13(12)22/h3-9,11,24,26H,10H2,1-2H3,(H,28,31)(H2,25,27,29)/b16-9-,24-14?. The topological polar surface area (TPSA) is 143 Å². The van der Waals surface area contributed by atoms with Gasteiger partial charge in [-0.15, -0.1) is 0 Å². The Kier molecular flexibility index (Phi) is 6.57. The monoisotopic (exact) mass is 441 g/mol. The Morgan fingerprint density at radius 2 is 2.06 bits per heavy atom. The molecule has 0 bridgehead atoms. The average Bonchev–Trinajstić information content (AvgIpc) is 3.27. The first-order chi connectivity index (χ1) is 15.1. The average molecular weight is 441 g/mol. The van der Waals surface area contributed by atoms with Gasteiger partial charge in [-0.05, 0) is 26.0 Å². The predicted octanol–water partition coefficient (Wildman–Crippen LogP) is 3.07. The van der Waals surface area contributed by atoms with Crippen molar-refractivity contribution in [2.24, 2.45) is 0 Å². The first kappa shape index (κ1) is 22.5. The van der Waals surface area contributed by atoms with Gasteiger partial charge < -0.3 is 20.9 Å². The van der Waals surface area contributed by atoms with Gasteiger partial charge in [-0.2, -0.15) is 0 Å². The lowest BCUT2D eigenvalue weighted by atomic mass is 10.1. The van der Waals surface area contributed by atoms with Crippen LogP contribution < -0.4 is 16.4 Å². The van der Waals surface area contributed by atoms with Crippen molar-refractivity contribution in [1.29, 1.82) is 5.41 Å². The zero-order chi connectivity index (χ0) is 23.3. The van der Waals surface area contributed by atoms with E-state index in [4.69, 9.17) is 15.7 Å². The molecule has 0 aliphatic carbocycles. The van der Waals surface area contributed by atoms with Gasteiger partial charge in [-0.25, -0.2) is 18.7 Å². The van der Waals surface area contributed by atoms with E-state index in [9.17, 15) is 13.6 Å². The molecule has 1 amide bonds. The van der Waals surface area contributed by atoms with Crippen LogP contribution in [-0.4, -0.2) is 32.4 Å². The molecule has 1 aromatic carbocycles. The first-order valence-corrected chi connectivity index (χ1v) is 9.46. The van der Waals surface area contributed by atoms with Crippen molar-refractivity contribution in [1.82, 2.24) is 20.4 Å². The number of hydrogen-bond donors (Lipinski definition) is 4. The Labute approximate surface area is 182 Å². The lowest BCUT2D eigenvalue weighted by Crippen LogP contribution is -2.33. The number of rotatable bonds is 8. The summed E-state index contributed by atoms with van der Waals surface area (Å²) >= 11 is 0. The molecule has 0 saturated carbocycles. The predicted molar refractivity (Wildman–Crippen MR) is 115 cm³/mol. The number of alkyl halides is 1. The number of carbonyl (C=O) groups is 1. The molecule has 166 valence electrons. The van der Waals surface area contributed by atoms with Gasteiger partial charge in [0.1, 0.15) is 29.2 Å². The Balaban J connectivity index is 1.81. The van der Waals surface area contributed by atoms with E-state index in [2.05, 4.69) is 25.8 Å². The molecule has 0 spiro atoms. The van der Waals surface area contributed by atoms with E-state index in [-0.39, 0.29) is 35.4 Å². The molecule has 11 heteroatoms. The smallest absolute Gasteiger partial charge is 0.261 e. The molecule has 3 rings (SSSR count). The second-order valence-electron chi connectivity index (χ2n) is 7.22. The fourth-order valence-corrected chi connectivity index (χ4v) is 2.50. The molecule has 5 N–H and O–H groups in total. The van der Waals surface area contributed by atoms with Crippen LogP contribution in [0.5, 0.6) is 0 Å². The van der Waals surface area contributed by atoms with Crippen molar-refractivity contribution in [2.45, 2.75) is 26.1 Å². The highest BCUT2D eigenvalue weighted by Gasteiger charge is 2.27. The van der Waals surface area contributed by atoms with Gasteiger partial charge in [0.05, 0.1) is 11.9 Å². The number of allylic oxidation sites excluding steroid dienone is 1. The number of carbonyl (C=O) groups excluding carboxylic acids is 1. The summed E-state index contributed by atoms with van der Waals surface area (Å²) < 4.78 is 32.5. The van der Waals surface area contributed by atoms with E-state index < -0.39 is 11.6 Å². The molecular formula is C21H21F2N7O2. The molecule has 0 aliphatic rings. The zero-order valence-electron chi connectivity index (χ0n) is 17.3. The SMILES string of the molecule is CC(C)(F)C(=O)Nc1cnc(C(=N)/C=C(\NCc2ccccc2F)c2ccon2)nc1N. The number of hydrogen-bond acceptors (Lipinski definition) is 8. The Hall–Kier alpha value is -4.15. The van der Waals surface area contributed by atoms with Gasteiger partial charge >= 0.3 is 0 Å². The third-order valence-electron chi connectivity index (χ3n) is 4.28. The van der Waals surface area contributed by atoms with E-state index in [1.165, 1.54) is 24.6 Å². The van der Waals surface area contributed by atoms with E-state index in [1.54, 1.807) is 24.3 Å². The van der Waals surface area contributed by atoms with Crippen molar-refractivity contribution in [3.63, 3.8) is 0 Å². The fraction of sp³-hybridized carbons (Fsp3) is 0.190. The summed E-state index contributed by atoms with van der Waals surface area (Å²) in [5, 5.41) is 17.5. The number of nitrogens with two attached hydrogens (primary N) is 1. The van der Waals surface area contributed by atoms with Crippen molar-refractivity contribution < 1.29 is 18.1 Å². The largest absolute Gasteiger partial charge is 0.382 e. The summed E-state index contributed by atoms with van der Waals surface area (Å²) in [6, 6.07) is 7.84. The van der Waals surface area contributed by atoms with Crippen molar-refractivity contribution >= 4 is 28.8 Å². The Morgan fingerprint density at radius 3 is 2.69 bits per heavy atom. The van der Waals surface area contributed by atoms with Crippen LogP contribution in [0.25, 0.3) is 5.70 Å². The molecule has 9 nitrogen and oxygen atoms in total. The van der Waals surface area contributed by atoms with Gasteiger partial charge in [0.2, 0.25) is 0 Å². The molecular weight excluding hydrogens is 420 g/mol. The second kappa shape index (κ2) is 9.33. The van der Waals surface area contributed by atoms with Gasteiger partial charge in [0.15, 0.2) is 17.3 Å². The minimum atomic E-state index is -2.11. The number of benzene rings is 1. The maximum Gasteiger partial charge on any atom is 0.261 e. The van der Waals surface area contributed by atoms with Gasteiger partial charge in [0, 0.05) is 18.2 Å². The zero-order valence-corrected chi connectivity index (χ0v) is 17.3. The van der Waals surface area contributed by atoms with E-state index in [0.29, 0.717) is 17.0 Å². The summed E-state index contributed by atoms with van der Waals surface area (Å²) in [6.45, 7) is 2.34. The summed E-state index contributed by atoms with van der Waals surface area (Å²) in [7, 11) is 0. The van der Waals surface area contributed by atoms with Crippen molar-refractivity contribution in [2.75, 3.05) is 11.1 Å². The van der Waals surface area contributed by atoms with Crippen molar-refractivity contribution in [3.05, 3.63) is 71.8 Å². The maximum atomic E-state index is 13.9. The molecule has 32 heavy (non-hydrogen) atoms. The number of anilines is 2. The summed E-state index contributed by atoms with van der Waals surface area (Å²) in [5.41, 5.74) is 4.78. The molecule has 0 atom stereocenters. The van der Waals surface area contributed by atoms with Crippen LogP contribution in [0.2, 0.25) is 0 Å². The molecule has 0 saturated heterocycles. The highest BCUT2D eigenvalue weighted by Crippen LogP contribution is 2.19. The molecule has 2 aromatic heterocycles. The van der Waals surface area contributed by atoms with Crippen LogP contribution in [-0.2, 0) is 11.3 Å². The summed E-state index contributed by atoms with van der Waals surface area (Å²) in [5.74, 6) is -1.46. The Morgan fingerprint density at radius 1 is 1.31 bits per heavy atom. The molecule has 0 unspecified atom stereocenters. The highest BCUT2D eigenvalue weighted by molar-refractivity contribution is 6.08. The quantitative estimate of drug-likeness (QED) is 0.393. The van der Waals surface area contributed by atoms with Crippen LogP contribution in [0.15, 0.2) is 53.4 Å². The fourth-order valence-electron chi connectivity index (χ4n) is 2.50. The minimum absolute atomic E-state index is 0.0238. The van der Waals surface area contributed by atoms with Crippen LogP contribution in [0, 0.1) is 11.2 Å². The van der Waals surface area contributed by atoms with Crippen molar-refractivity contribution in [3.8, 4) is 0 Å². The third kappa shape index (κ3) is 5.50. The number of halogens is 2. The number of nitrogens with one attached hydrogen (secondary N) is 3. The van der Waals surface area contributed by atoms with Crippen LogP contribution >= 0.6 is 0 Å². The lowest BCUT2D eigenvalue weighted by Gasteiger charge is -2.15. The highest BCUT2D eigenvalue weighted by atomic mass is 19.1. The van der Waals surface area contributed by atoms with Gasteiger partial charge in [-0.1, -0.05) is 23.4 Å². The van der Waals surface area contributed by atoms with E-state index in [1.807, 2.05) is 0 Å². The molecule has 0 fully saturated rings. The van der Waals surface area contributed by atoms with Crippen LogP contribution in [0.1, 0.15) is 30.9 Å². The van der Waals surface area contributed by atoms with Gasteiger partial charge in [-0.3, -0.25) is 10.2 Å². The maximum absolute atomic E-state index is 13.9. The number of nitrogen functional groups attached to an aromatic ring is 1. The third-order valence-corrected chi connectivity index (χ3v) is 4.28. The van der Waals surface area contributed by atoms with Crippen LogP contribution in [0.4, 0.5) is 20.3 Å². The lowest BCUT2D eigenvalue weighted by molar-refractivity contribution is -0.125. The molecule has 2 heterocycles. The normalized spacial score (nSPS) is 11.8. The van der Waals surface area contributed by atoms with E-state index in [0.717, 1.165) is 13.8 Å². The second-order valence-corrected chi connectivity index (χ2v) is 7.22. The molecule has 0 aliphatic heterocycles. The van der Waals surface area contributed by atoms with Crippen LogP contribution in [0.3, 0.4) is 0 Å². The first-order valence-electron chi connectivity index (χ1n) is 9.46.